The molecule has 1 nitrogen and oxygen atoms in total. The summed E-state index contributed by atoms with van der Waals surface area (Å²) in [4.78, 5) is 1.30. The molecule has 0 aromatic carbocycles. The summed E-state index contributed by atoms with van der Waals surface area (Å²) in [6, 6.07) is 2.01. The van der Waals surface area contributed by atoms with Crippen LogP contribution in [0.25, 0.3) is 0 Å². The van der Waals surface area contributed by atoms with E-state index in [4.69, 9.17) is 4.42 Å². The Morgan fingerprint density at radius 2 is 2.50 bits per heavy atom. The molecule has 0 N–H and O–H groups in total. The Labute approximate surface area is 55.8 Å². The van der Waals surface area contributed by atoms with Crippen LogP contribution in [0.5, 0.6) is 0 Å². The summed E-state index contributed by atoms with van der Waals surface area (Å²) in [5.41, 5.74) is 0. The topological polar surface area (TPSA) is 13.1 Å². The first-order chi connectivity index (χ1) is 3.97. The molecule has 0 unspecified atom stereocenters. The quantitative estimate of drug-likeness (QED) is 0.555. The summed E-state index contributed by atoms with van der Waals surface area (Å²) >= 11 is 3.61. The Morgan fingerprint density at radius 3 is 3.38 bits per heavy atom. The van der Waals surface area contributed by atoms with Gasteiger partial charge in [0.15, 0.2) is 5.09 Å². The molecule has 0 bridgehead atoms. The largest absolute Gasteiger partial charge is 0.457 e. The van der Waals surface area contributed by atoms with E-state index in [1.807, 2.05) is 17.8 Å². The first kappa shape index (κ1) is 4.82. The average Bonchev–Trinajstić information content (AvgIpc) is 2.15. The minimum Gasteiger partial charge on any atom is -0.457 e. The van der Waals surface area contributed by atoms with Gasteiger partial charge in [-0.3, -0.25) is 0 Å². The Balaban J connectivity index is 2.54. The lowest BCUT2D eigenvalue weighted by Gasteiger charge is -1.77. The highest BCUT2D eigenvalue weighted by atomic mass is 32.2. The van der Waals surface area contributed by atoms with Crippen LogP contribution < -0.4 is 0 Å². The molecule has 0 amide bonds. The van der Waals surface area contributed by atoms with E-state index >= 15 is 0 Å². The molecule has 3 heteroatoms. The number of rotatable bonds is 0. The van der Waals surface area contributed by atoms with E-state index in [9.17, 15) is 0 Å². The molecule has 1 aliphatic heterocycles. The normalized spacial score (nSPS) is 16.5. The molecule has 0 fully saturated rings. The summed E-state index contributed by atoms with van der Waals surface area (Å²) < 4.78 is 5.12. The van der Waals surface area contributed by atoms with Crippen molar-refractivity contribution in [3.63, 3.8) is 0 Å². The van der Waals surface area contributed by atoms with E-state index in [1.165, 1.54) is 4.90 Å². The van der Waals surface area contributed by atoms with Gasteiger partial charge < -0.3 is 4.42 Å². The lowest BCUT2D eigenvalue weighted by atomic mass is 10.7. The summed E-state index contributed by atoms with van der Waals surface area (Å²) in [6.07, 6.45) is 1.74. The van der Waals surface area contributed by atoms with Crippen LogP contribution >= 0.6 is 23.5 Å². The average molecular weight is 144 g/mol. The van der Waals surface area contributed by atoms with E-state index in [0.29, 0.717) is 0 Å². The molecule has 2 heterocycles. The van der Waals surface area contributed by atoms with Gasteiger partial charge in [-0.05, 0) is 6.07 Å². The number of hydrogen-bond donors (Lipinski definition) is 0. The third-order valence-corrected chi connectivity index (χ3v) is 3.28. The van der Waals surface area contributed by atoms with E-state index in [0.717, 1.165) is 10.2 Å². The molecular formula is C5H4OS2. The molecule has 0 saturated heterocycles. The van der Waals surface area contributed by atoms with Gasteiger partial charge in [-0.25, -0.2) is 0 Å². The van der Waals surface area contributed by atoms with E-state index in [2.05, 4.69) is 0 Å². The lowest BCUT2D eigenvalue weighted by molar-refractivity contribution is 0.464. The van der Waals surface area contributed by atoms with Crippen molar-refractivity contribution in [2.75, 3.05) is 5.08 Å². The predicted molar refractivity (Wildman–Crippen MR) is 35.3 cm³/mol. The van der Waals surface area contributed by atoms with Crippen LogP contribution in [0.2, 0.25) is 0 Å². The van der Waals surface area contributed by atoms with E-state index in [1.54, 1.807) is 18.0 Å². The van der Waals surface area contributed by atoms with Gasteiger partial charge >= 0.3 is 0 Å². The first-order valence-electron chi connectivity index (χ1n) is 2.30. The van der Waals surface area contributed by atoms with Gasteiger partial charge in [0.05, 0.1) is 16.2 Å². The maximum absolute atomic E-state index is 5.12. The van der Waals surface area contributed by atoms with Gasteiger partial charge in [0.2, 0.25) is 0 Å². The Hall–Kier alpha value is -0.0200. The molecule has 0 aliphatic carbocycles. The van der Waals surface area contributed by atoms with Crippen LogP contribution in [0, 0.1) is 0 Å². The van der Waals surface area contributed by atoms with Crippen molar-refractivity contribution in [3.8, 4) is 0 Å². The first-order valence-corrected chi connectivity index (χ1v) is 4.27. The van der Waals surface area contributed by atoms with E-state index < -0.39 is 0 Å². The Kier molecular flexibility index (Phi) is 1.05. The predicted octanol–water partition coefficient (Wildman–Crippen LogP) is 2.43. The van der Waals surface area contributed by atoms with Gasteiger partial charge in [-0.15, -0.1) is 11.8 Å². The number of hydrogen-bond acceptors (Lipinski definition) is 3. The van der Waals surface area contributed by atoms with Crippen LogP contribution in [0.1, 0.15) is 0 Å². The monoisotopic (exact) mass is 144 g/mol. The standard InChI is InChI=1S/C5H4OS2/c1-2-6-5-4(1)7-3-8-5/h1-2H,3H2. The molecule has 0 atom stereocenters. The summed E-state index contributed by atoms with van der Waals surface area (Å²) in [5, 5.41) is 2.21. The maximum atomic E-state index is 5.12. The second-order valence-electron chi connectivity index (χ2n) is 1.48. The van der Waals surface area contributed by atoms with Crippen molar-refractivity contribution in [2.45, 2.75) is 9.99 Å². The molecule has 0 spiro atoms. The van der Waals surface area contributed by atoms with Gasteiger partial charge in [-0.2, -0.15) is 0 Å². The molecule has 0 saturated carbocycles. The minimum atomic E-state index is 1.09. The zero-order valence-electron chi connectivity index (χ0n) is 4.09. The molecular weight excluding hydrogens is 140 g/mol. The zero-order valence-corrected chi connectivity index (χ0v) is 5.72. The fraction of sp³-hybridized carbons (Fsp3) is 0.200. The fourth-order valence-electron chi connectivity index (χ4n) is 0.642. The van der Waals surface area contributed by atoms with Crippen molar-refractivity contribution in [2.24, 2.45) is 0 Å². The summed E-state index contributed by atoms with van der Waals surface area (Å²) in [7, 11) is 0. The smallest absolute Gasteiger partial charge is 0.174 e. The second kappa shape index (κ2) is 1.74. The second-order valence-corrected chi connectivity index (χ2v) is 3.81. The molecule has 2 rings (SSSR count). The number of furan rings is 1. The van der Waals surface area contributed by atoms with Crippen molar-refractivity contribution < 1.29 is 4.42 Å². The Morgan fingerprint density at radius 1 is 1.50 bits per heavy atom. The van der Waals surface area contributed by atoms with Crippen molar-refractivity contribution >= 4 is 23.5 Å². The highest BCUT2D eigenvalue weighted by Gasteiger charge is 2.13. The number of fused-ring (bicyclic) bond motifs is 1. The molecule has 1 aromatic rings. The van der Waals surface area contributed by atoms with Crippen LogP contribution in [0.3, 0.4) is 0 Å². The molecule has 1 aromatic heterocycles. The zero-order chi connectivity index (χ0) is 5.40. The van der Waals surface area contributed by atoms with Gasteiger partial charge in [0.25, 0.3) is 0 Å². The molecule has 8 heavy (non-hydrogen) atoms. The van der Waals surface area contributed by atoms with Gasteiger partial charge in [0.1, 0.15) is 0 Å². The molecule has 0 radical (unpaired) electrons. The number of thioether (sulfide) groups is 2. The third-order valence-electron chi connectivity index (χ3n) is 1.00. The van der Waals surface area contributed by atoms with E-state index in [-0.39, 0.29) is 0 Å². The molecule has 42 valence electrons. The minimum absolute atomic E-state index is 1.09. The lowest BCUT2D eigenvalue weighted by Crippen LogP contribution is -1.50. The Bertz CT molecular complexity index is 176. The van der Waals surface area contributed by atoms with Crippen molar-refractivity contribution in [1.29, 1.82) is 0 Å². The van der Waals surface area contributed by atoms with Gasteiger partial charge in [-0.1, -0.05) is 11.8 Å². The van der Waals surface area contributed by atoms with Crippen molar-refractivity contribution in [1.82, 2.24) is 0 Å². The van der Waals surface area contributed by atoms with Crippen LogP contribution in [0.15, 0.2) is 26.7 Å². The summed E-state index contributed by atoms with van der Waals surface area (Å²) in [5.74, 6) is 0. The fourth-order valence-corrected chi connectivity index (χ4v) is 2.82. The molecule has 1 aliphatic rings. The van der Waals surface area contributed by atoms with Crippen molar-refractivity contribution in [3.05, 3.63) is 12.3 Å². The highest BCUT2D eigenvalue weighted by Crippen LogP contribution is 2.41. The maximum Gasteiger partial charge on any atom is 0.174 e. The van der Waals surface area contributed by atoms with Crippen LogP contribution in [-0.2, 0) is 0 Å². The third kappa shape index (κ3) is 0.581. The highest BCUT2D eigenvalue weighted by molar-refractivity contribution is 8.18. The SMILES string of the molecule is c1cc2c(o1)SCS2. The van der Waals surface area contributed by atoms with Gasteiger partial charge in [0, 0.05) is 0 Å². The summed E-state index contributed by atoms with van der Waals surface area (Å²) in [6.45, 7) is 0. The van der Waals surface area contributed by atoms with Crippen LogP contribution in [0.4, 0.5) is 0 Å². The van der Waals surface area contributed by atoms with Crippen LogP contribution in [-0.4, -0.2) is 5.08 Å².